The third kappa shape index (κ3) is 3.37. The molecule has 4 heteroatoms. The van der Waals surface area contributed by atoms with Gasteiger partial charge in [0.2, 0.25) is 0 Å². The molecule has 114 valence electrons. The van der Waals surface area contributed by atoms with E-state index in [1.807, 2.05) is 16.7 Å². The van der Waals surface area contributed by atoms with E-state index in [1.165, 1.54) is 30.6 Å². The molecule has 0 radical (unpaired) electrons. The van der Waals surface area contributed by atoms with E-state index in [0.29, 0.717) is 0 Å². The van der Waals surface area contributed by atoms with Crippen LogP contribution in [-0.2, 0) is 5.41 Å². The molecule has 0 spiro atoms. The number of rotatable bonds is 3. The molecule has 2 amide bonds. The van der Waals surface area contributed by atoms with Crippen LogP contribution in [0.2, 0.25) is 0 Å². The van der Waals surface area contributed by atoms with Gasteiger partial charge in [-0.3, -0.25) is 0 Å². The van der Waals surface area contributed by atoms with Crippen LogP contribution < -0.4 is 5.32 Å². The van der Waals surface area contributed by atoms with Crippen molar-refractivity contribution in [2.45, 2.75) is 31.1 Å². The van der Waals surface area contributed by atoms with Crippen molar-refractivity contribution in [1.82, 2.24) is 10.2 Å². The van der Waals surface area contributed by atoms with Crippen molar-refractivity contribution >= 4 is 17.8 Å². The number of urea groups is 1. The van der Waals surface area contributed by atoms with Crippen molar-refractivity contribution in [1.29, 1.82) is 0 Å². The third-order valence-electron chi connectivity index (χ3n) is 4.78. The average molecular weight is 304 g/mol. The van der Waals surface area contributed by atoms with Gasteiger partial charge in [-0.15, -0.1) is 0 Å². The quantitative estimate of drug-likeness (QED) is 0.929. The predicted molar refractivity (Wildman–Crippen MR) is 88.9 cm³/mol. The fraction of sp³-hybridized carbons (Fsp3) is 0.588. The van der Waals surface area contributed by atoms with Gasteiger partial charge in [0.05, 0.1) is 0 Å². The second-order valence-electron chi connectivity index (χ2n) is 6.11. The molecule has 2 fully saturated rings. The number of hydrogen-bond acceptors (Lipinski definition) is 2. The van der Waals surface area contributed by atoms with Gasteiger partial charge >= 0.3 is 6.03 Å². The molecule has 1 saturated heterocycles. The second kappa shape index (κ2) is 6.73. The summed E-state index contributed by atoms with van der Waals surface area (Å²) in [5.74, 6) is 2.25. The van der Waals surface area contributed by atoms with E-state index in [9.17, 15) is 4.79 Å². The van der Waals surface area contributed by atoms with Gasteiger partial charge < -0.3 is 10.2 Å². The summed E-state index contributed by atoms with van der Waals surface area (Å²) in [6, 6.07) is 10.8. The van der Waals surface area contributed by atoms with E-state index in [4.69, 9.17) is 0 Å². The van der Waals surface area contributed by atoms with E-state index in [1.54, 1.807) is 0 Å². The zero-order chi connectivity index (χ0) is 14.5. The number of carbonyl (C=O) groups is 1. The summed E-state index contributed by atoms with van der Waals surface area (Å²) in [5, 5.41) is 3.20. The smallest absolute Gasteiger partial charge is 0.317 e. The topological polar surface area (TPSA) is 32.3 Å². The predicted octanol–water partition coefficient (Wildman–Crippen LogP) is 3.26. The Bertz CT molecular complexity index is 465. The largest absolute Gasteiger partial charge is 0.337 e. The van der Waals surface area contributed by atoms with Crippen LogP contribution in [0, 0.1) is 0 Å². The molecule has 0 aromatic heterocycles. The highest BCUT2D eigenvalue weighted by Gasteiger charge is 2.38. The lowest BCUT2D eigenvalue weighted by Gasteiger charge is -2.43. The van der Waals surface area contributed by atoms with Gasteiger partial charge in [0, 0.05) is 30.8 Å². The lowest BCUT2D eigenvalue weighted by Crippen LogP contribution is -2.49. The summed E-state index contributed by atoms with van der Waals surface area (Å²) in [6.45, 7) is 2.56. The molecule has 1 aromatic rings. The van der Waals surface area contributed by atoms with Gasteiger partial charge in [-0.1, -0.05) is 36.8 Å². The van der Waals surface area contributed by atoms with Gasteiger partial charge in [0.1, 0.15) is 0 Å². The van der Waals surface area contributed by atoms with Crippen LogP contribution in [0.25, 0.3) is 0 Å². The van der Waals surface area contributed by atoms with Crippen molar-refractivity contribution in [2.24, 2.45) is 0 Å². The van der Waals surface area contributed by atoms with Crippen LogP contribution in [0.3, 0.4) is 0 Å². The minimum Gasteiger partial charge on any atom is -0.337 e. The molecule has 0 atom stereocenters. The highest BCUT2D eigenvalue weighted by molar-refractivity contribution is 7.99. The third-order valence-corrected chi connectivity index (χ3v) is 5.83. The maximum atomic E-state index is 12.4. The number of thioether (sulfide) groups is 1. The Labute approximate surface area is 131 Å². The first kappa shape index (κ1) is 14.8. The van der Waals surface area contributed by atoms with Crippen molar-refractivity contribution in [3.8, 4) is 0 Å². The molecular weight excluding hydrogens is 280 g/mol. The van der Waals surface area contributed by atoms with Crippen molar-refractivity contribution in [2.75, 3.05) is 31.1 Å². The Kier molecular flexibility index (Phi) is 4.73. The number of benzene rings is 1. The van der Waals surface area contributed by atoms with Crippen LogP contribution in [0.4, 0.5) is 4.79 Å². The van der Waals surface area contributed by atoms with Crippen LogP contribution in [-0.4, -0.2) is 42.1 Å². The Morgan fingerprint density at radius 1 is 1.14 bits per heavy atom. The van der Waals surface area contributed by atoms with E-state index in [0.717, 1.165) is 31.8 Å². The summed E-state index contributed by atoms with van der Waals surface area (Å²) in [4.78, 5) is 14.4. The first-order chi connectivity index (χ1) is 10.3. The van der Waals surface area contributed by atoms with Gasteiger partial charge in [0.15, 0.2) is 0 Å². The molecule has 3 nitrogen and oxygen atoms in total. The Morgan fingerprint density at radius 3 is 2.67 bits per heavy atom. The first-order valence-corrected chi connectivity index (χ1v) is 9.12. The number of hydrogen-bond donors (Lipinski definition) is 1. The number of carbonyl (C=O) groups excluding carboxylic acids is 1. The maximum absolute atomic E-state index is 12.4. The normalized spacial score (nSPS) is 21.2. The second-order valence-corrected chi connectivity index (χ2v) is 7.34. The molecule has 3 rings (SSSR count). The zero-order valence-corrected chi connectivity index (χ0v) is 13.3. The molecule has 2 aliphatic rings. The molecular formula is C17H24N2OS. The SMILES string of the molecule is O=C(NCC1(c2ccccc2)CCC1)N1CCCSCC1. The minimum absolute atomic E-state index is 0.125. The fourth-order valence-corrected chi connectivity index (χ4v) is 4.16. The Morgan fingerprint density at radius 2 is 1.95 bits per heavy atom. The van der Waals surface area contributed by atoms with Crippen LogP contribution >= 0.6 is 11.8 Å². The number of amides is 2. The lowest BCUT2D eigenvalue weighted by molar-refractivity contribution is 0.186. The van der Waals surface area contributed by atoms with Crippen molar-refractivity contribution in [3.63, 3.8) is 0 Å². The van der Waals surface area contributed by atoms with Crippen LogP contribution in [0.5, 0.6) is 0 Å². The molecule has 1 aliphatic heterocycles. The van der Waals surface area contributed by atoms with E-state index >= 15 is 0 Å². The Hall–Kier alpha value is -1.16. The Balaban J connectivity index is 1.59. The van der Waals surface area contributed by atoms with Gasteiger partial charge in [0.25, 0.3) is 0 Å². The molecule has 1 aromatic carbocycles. The van der Waals surface area contributed by atoms with Gasteiger partial charge in [-0.2, -0.15) is 11.8 Å². The van der Waals surface area contributed by atoms with E-state index in [2.05, 4.69) is 35.6 Å². The number of nitrogens with one attached hydrogen (secondary N) is 1. The molecule has 1 saturated carbocycles. The van der Waals surface area contributed by atoms with Crippen molar-refractivity contribution < 1.29 is 4.79 Å². The highest BCUT2D eigenvalue weighted by Crippen LogP contribution is 2.43. The zero-order valence-electron chi connectivity index (χ0n) is 12.5. The van der Waals surface area contributed by atoms with Crippen LogP contribution in [0.1, 0.15) is 31.2 Å². The molecule has 21 heavy (non-hydrogen) atoms. The van der Waals surface area contributed by atoms with E-state index < -0.39 is 0 Å². The molecule has 1 heterocycles. The van der Waals surface area contributed by atoms with Gasteiger partial charge in [-0.25, -0.2) is 4.79 Å². The lowest BCUT2D eigenvalue weighted by atomic mass is 9.64. The standard InChI is InChI=1S/C17H24N2OS/c20-16(19-10-5-12-21-13-11-19)18-14-17(8-4-9-17)15-6-2-1-3-7-15/h1-3,6-7H,4-5,8-14H2,(H,18,20). The summed E-state index contributed by atoms with van der Waals surface area (Å²) in [7, 11) is 0. The fourth-order valence-electron chi connectivity index (χ4n) is 3.27. The van der Waals surface area contributed by atoms with Gasteiger partial charge in [-0.05, 0) is 30.6 Å². The van der Waals surface area contributed by atoms with Crippen molar-refractivity contribution in [3.05, 3.63) is 35.9 Å². The summed E-state index contributed by atoms with van der Waals surface area (Å²) in [6.07, 6.45) is 4.76. The average Bonchev–Trinajstić information content (AvgIpc) is 2.76. The molecule has 0 unspecified atom stereocenters. The number of nitrogens with zero attached hydrogens (tertiary/aromatic N) is 1. The highest BCUT2D eigenvalue weighted by atomic mass is 32.2. The molecule has 0 bridgehead atoms. The summed E-state index contributed by atoms with van der Waals surface area (Å²) < 4.78 is 0. The summed E-state index contributed by atoms with van der Waals surface area (Å²) >= 11 is 1.95. The molecule has 1 aliphatic carbocycles. The molecule has 1 N–H and O–H groups in total. The monoisotopic (exact) mass is 304 g/mol. The van der Waals surface area contributed by atoms with Crippen LogP contribution in [0.15, 0.2) is 30.3 Å². The van der Waals surface area contributed by atoms with E-state index in [-0.39, 0.29) is 11.4 Å². The maximum Gasteiger partial charge on any atom is 0.317 e. The first-order valence-electron chi connectivity index (χ1n) is 7.96. The minimum atomic E-state index is 0.125. The summed E-state index contributed by atoms with van der Waals surface area (Å²) in [5.41, 5.74) is 1.56.